The van der Waals surface area contributed by atoms with E-state index in [9.17, 15) is 0 Å². The van der Waals surface area contributed by atoms with Crippen LogP contribution in [0.15, 0.2) is 36.5 Å². The molecular formula is C14H18N2. The van der Waals surface area contributed by atoms with E-state index >= 15 is 0 Å². The Kier molecular flexibility index (Phi) is 3.52. The fourth-order valence-corrected chi connectivity index (χ4v) is 2.09. The molecule has 1 aromatic heterocycles. The van der Waals surface area contributed by atoms with Crippen molar-refractivity contribution in [1.82, 2.24) is 4.98 Å². The van der Waals surface area contributed by atoms with Gasteiger partial charge in [-0.3, -0.25) is 4.98 Å². The van der Waals surface area contributed by atoms with Crippen molar-refractivity contribution in [2.75, 3.05) is 0 Å². The van der Waals surface area contributed by atoms with Gasteiger partial charge in [-0.25, -0.2) is 0 Å². The van der Waals surface area contributed by atoms with Crippen molar-refractivity contribution in [1.29, 1.82) is 0 Å². The van der Waals surface area contributed by atoms with E-state index in [1.807, 2.05) is 18.3 Å². The van der Waals surface area contributed by atoms with Gasteiger partial charge in [0.25, 0.3) is 0 Å². The molecule has 2 heteroatoms. The Balaban J connectivity index is 2.30. The summed E-state index contributed by atoms with van der Waals surface area (Å²) in [7, 11) is 0. The monoisotopic (exact) mass is 214 g/mol. The van der Waals surface area contributed by atoms with Crippen LogP contribution in [0.3, 0.4) is 0 Å². The van der Waals surface area contributed by atoms with Gasteiger partial charge < -0.3 is 5.73 Å². The molecule has 1 atom stereocenters. The SMILES string of the molecule is CCCC(N)Cc1ccnc2ccccc12. The highest BCUT2D eigenvalue weighted by Gasteiger charge is 2.06. The number of hydrogen-bond donors (Lipinski definition) is 1. The van der Waals surface area contributed by atoms with E-state index in [1.54, 1.807) is 0 Å². The molecule has 84 valence electrons. The van der Waals surface area contributed by atoms with Crippen molar-refractivity contribution in [3.63, 3.8) is 0 Å². The van der Waals surface area contributed by atoms with Crippen LogP contribution >= 0.6 is 0 Å². The number of pyridine rings is 1. The van der Waals surface area contributed by atoms with E-state index in [0.29, 0.717) is 0 Å². The van der Waals surface area contributed by atoms with E-state index in [0.717, 1.165) is 24.8 Å². The zero-order valence-electron chi connectivity index (χ0n) is 9.69. The van der Waals surface area contributed by atoms with Crippen LogP contribution in [0.4, 0.5) is 0 Å². The summed E-state index contributed by atoms with van der Waals surface area (Å²) >= 11 is 0. The zero-order chi connectivity index (χ0) is 11.4. The summed E-state index contributed by atoms with van der Waals surface area (Å²) < 4.78 is 0. The number of nitrogens with two attached hydrogens (primary N) is 1. The fraction of sp³-hybridized carbons (Fsp3) is 0.357. The van der Waals surface area contributed by atoms with Crippen molar-refractivity contribution >= 4 is 10.9 Å². The summed E-state index contributed by atoms with van der Waals surface area (Å²) in [5.41, 5.74) is 8.46. The van der Waals surface area contributed by atoms with Gasteiger partial charge in [0.05, 0.1) is 5.52 Å². The number of nitrogens with zero attached hydrogens (tertiary/aromatic N) is 1. The molecule has 0 radical (unpaired) electrons. The Morgan fingerprint density at radius 3 is 2.88 bits per heavy atom. The third-order valence-electron chi connectivity index (χ3n) is 2.88. The molecule has 1 aromatic carbocycles. The smallest absolute Gasteiger partial charge is 0.0704 e. The normalized spacial score (nSPS) is 12.9. The summed E-state index contributed by atoms with van der Waals surface area (Å²) in [6.45, 7) is 2.17. The number of rotatable bonds is 4. The summed E-state index contributed by atoms with van der Waals surface area (Å²) in [4.78, 5) is 4.35. The first-order valence-corrected chi connectivity index (χ1v) is 5.89. The average Bonchev–Trinajstić information content (AvgIpc) is 2.30. The Hall–Kier alpha value is -1.41. The molecule has 1 unspecified atom stereocenters. The molecule has 0 aliphatic carbocycles. The van der Waals surface area contributed by atoms with E-state index in [1.165, 1.54) is 10.9 Å². The second-order valence-electron chi connectivity index (χ2n) is 4.24. The maximum atomic E-state index is 6.09. The van der Waals surface area contributed by atoms with Crippen LogP contribution in [0.1, 0.15) is 25.3 Å². The van der Waals surface area contributed by atoms with Crippen LogP contribution in [0.25, 0.3) is 10.9 Å². The van der Waals surface area contributed by atoms with Gasteiger partial charge in [0.15, 0.2) is 0 Å². The minimum absolute atomic E-state index is 0.260. The van der Waals surface area contributed by atoms with Gasteiger partial charge >= 0.3 is 0 Å². The Morgan fingerprint density at radius 1 is 1.25 bits per heavy atom. The third-order valence-corrected chi connectivity index (χ3v) is 2.88. The van der Waals surface area contributed by atoms with E-state index in [2.05, 4.69) is 30.1 Å². The highest BCUT2D eigenvalue weighted by molar-refractivity contribution is 5.81. The van der Waals surface area contributed by atoms with Crippen molar-refractivity contribution < 1.29 is 0 Å². The lowest BCUT2D eigenvalue weighted by Gasteiger charge is -2.11. The van der Waals surface area contributed by atoms with Crippen LogP contribution in [-0.2, 0) is 6.42 Å². The first-order chi connectivity index (χ1) is 7.81. The van der Waals surface area contributed by atoms with Gasteiger partial charge in [-0.1, -0.05) is 31.5 Å². The first kappa shape index (κ1) is 11.1. The molecule has 16 heavy (non-hydrogen) atoms. The van der Waals surface area contributed by atoms with Gasteiger partial charge in [0, 0.05) is 17.6 Å². The second-order valence-corrected chi connectivity index (χ2v) is 4.24. The highest BCUT2D eigenvalue weighted by Crippen LogP contribution is 2.18. The number of hydrogen-bond acceptors (Lipinski definition) is 2. The molecule has 2 nitrogen and oxygen atoms in total. The van der Waals surface area contributed by atoms with Crippen LogP contribution in [-0.4, -0.2) is 11.0 Å². The molecule has 0 amide bonds. The molecule has 0 fully saturated rings. The minimum atomic E-state index is 0.260. The molecule has 0 aliphatic rings. The van der Waals surface area contributed by atoms with Crippen molar-refractivity contribution in [2.24, 2.45) is 5.73 Å². The Labute approximate surface area is 96.5 Å². The largest absolute Gasteiger partial charge is 0.327 e. The van der Waals surface area contributed by atoms with Gasteiger partial charge in [-0.2, -0.15) is 0 Å². The number of aromatic nitrogens is 1. The number of fused-ring (bicyclic) bond motifs is 1. The summed E-state index contributed by atoms with van der Waals surface area (Å²) in [5.74, 6) is 0. The van der Waals surface area contributed by atoms with Crippen molar-refractivity contribution in [3.8, 4) is 0 Å². The van der Waals surface area contributed by atoms with E-state index in [4.69, 9.17) is 5.73 Å². The lowest BCUT2D eigenvalue weighted by Crippen LogP contribution is -2.22. The highest BCUT2D eigenvalue weighted by atomic mass is 14.7. The quantitative estimate of drug-likeness (QED) is 0.850. The standard InChI is InChI=1S/C14H18N2/c1-2-5-12(15)10-11-8-9-16-14-7-4-3-6-13(11)14/h3-4,6-9,12H,2,5,10,15H2,1H3. The molecule has 1 heterocycles. The van der Waals surface area contributed by atoms with E-state index < -0.39 is 0 Å². The molecular weight excluding hydrogens is 196 g/mol. The molecule has 0 bridgehead atoms. The predicted molar refractivity (Wildman–Crippen MR) is 68.3 cm³/mol. The molecule has 0 saturated carbocycles. The van der Waals surface area contributed by atoms with Gasteiger partial charge in [-0.05, 0) is 30.5 Å². The third kappa shape index (κ3) is 2.39. The maximum Gasteiger partial charge on any atom is 0.0704 e. The van der Waals surface area contributed by atoms with Crippen LogP contribution in [0, 0.1) is 0 Å². The fourth-order valence-electron chi connectivity index (χ4n) is 2.09. The number of benzene rings is 1. The topological polar surface area (TPSA) is 38.9 Å². The molecule has 0 saturated heterocycles. The molecule has 2 aromatic rings. The van der Waals surface area contributed by atoms with Gasteiger partial charge in [0.2, 0.25) is 0 Å². The van der Waals surface area contributed by atoms with Crippen LogP contribution in [0.5, 0.6) is 0 Å². The lowest BCUT2D eigenvalue weighted by atomic mass is 10.00. The predicted octanol–water partition coefficient (Wildman–Crippen LogP) is 2.90. The lowest BCUT2D eigenvalue weighted by molar-refractivity contribution is 0.602. The zero-order valence-corrected chi connectivity index (χ0v) is 9.69. The summed E-state index contributed by atoms with van der Waals surface area (Å²) in [6.07, 6.45) is 5.04. The van der Waals surface area contributed by atoms with Crippen molar-refractivity contribution in [2.45, 2.75) is 32.2 Å². The van der Waals surface area contributed by atoms with Gasteiger partial charge in [-0.15, -0.1) is 0 Å². The van der Waals surface area contributed by atoms with E-state index in [-0.39, 0.29) is 6.04 Å². The first-order valence-electron chi connectivity index (χ1n) is 5.89. The van der Waals surface area contributed by atoms with Crippen LogP contribution in [0.2, 0.25) is 0 Å². The Morgan fingerprint density at radius 2 is 2.06 bits per heavy atom. The molecule has 2 N–H and O–H groups in total. The minimum Gasteiger partial charge on any atom is -0.327 e. The second kappa shape index (κ2) is 5.08. The Bertz CT molecular complexity index is 460. The van der Waals surface area contributed by atoms with Crippen molar-refractivity contribution in [3.05, 3.63) is 42.1 Å². The summed E-state index contributed by atoms with van der Waals surface area (Å²) in [6, 6.07) is 10.6. The molecule has 0 aliphatic heterocycles. The molecule has 2 rings (SSSR count). The summed E-state index contributed by atoms with van der Waals surface area (Å²) in [5, 5.41) is 1.23. The number of para-hydroxylation sites is 1. The average molecular weight is 214 g/mol. The molecule has 0 spiro atoms. The maximum absolute atomic E-state index is 6.09. The van der Waals surface area contributed by atoms with Gasteiger partial charge in [0.1, 0.15) is 0 Å². The van der Waals surface area contributed by atoms with Crippen LogP contribution < -0.4 is 5.73 Å².